The second-order valence-electron chi connectivity index (χ2n) is 6.03. The second-order valence-corrected chi connectivity index (χ2v) is 6.03. The van der Waals surface area contributed by atoms with Crippen LogP contribution < -0.4 is 0 Å². The van der Waals surface area contributed by atoms with Crippen LogP contribution in [0.3, 0.4) is 0 Å². The molecule has 0 fully saturated rings. The average molecular weight is 250 g/mol. The predicted octanol–water partition coefficient (Wildman–Crippen LogP) is 5.23. The van der Waals surface area contributed by atoms with Crippen molar-refractivity contribution in [3.63, 3.8) is 0 Å². The fourth-order valence-electron chi connectivity index (χ4n) is 2.46. The molecule has 0 bridgehead atoms. The Morgan fingerprint density at radius 1 is 1.22 bits per heavy atom. The molecule has 1 atom stereocenters. The van der Waals surface area contributed by atoms with Gasteiger partial charge in [0.25, 0.3) is 0 Å². The van der Waals surface area contributed by atoms with Gasteiger partial charge in [0.15, 0.2) is 0 Å². The maximum atomic E-state index is 4.31. The van der Waals surface area contributed by atoms with Crippen molar-refractivity contribution in [2.75, 3.05) is 0 Å². The average Bonchev–Trinajstić information content (AvgIpc) is 2.36. The molecule has 1 aliphatic rings. The molecule has 0 aromatic carbocycles. The minimum Gasteiger partial charge on any atom is -0.163 e. The monoisotopic (exact) mass is 250 g/mol. The van der Waals surface area contributed by atoms with Gasteiger partial charge >= 0.3 is 0 Å². The summed E-state index contributed by atoms with van der Waals surface area (Å²) < 4.78 is 0. The van der Waals surface area contributed by atoms with E-state index in [9.17, 15) is 0 Å². The SMILES string of the molecule is CCCCC1C=NN=C(CCCCCC(C)C)C1. The lowest BCUT2D eigenvalue weighted by Crippen LogP contribution is -2.13. The van der Waals surface area contributed by atoms with Gasteiger partial charge in [-0.3, -0.25) is 0 Å². The second kappa shape index (κ2) is 9.29. The highest BCUT2D eigenvalue weighted by Gasteiger charge is 2.13. The van der Waals surface area contributed by atoms with E-state index in [1.165, 1.54) is 50.7 Å². The van der Waals surface area contributed by atoms with Crippen LogP contribution in [-0.2, 0) is 0 Å². The van der Waals surface area contributed by atoms with Gasteiger partial charge in [-0.1, -0.05) is 52.9 Å². The van der Waals surface area contributed by atoms with Crippen LogP contribution in [0.1, 0.15) is 78.6 Å². The van der Waals surface area contributed by atoms with Crippen molar-refractivity contribution < 1.29 is 0 Å². The molecule has 2 nitrogen and oxygen atoms in total. The van der Waals surface area contributed by atoms with Crippen LogP contribution in [0.15, 0.2) is 10.2 Å². The molecule has 1 unspecified atom stereocenters. The molecule has 18 heavy (non-hydrogen) atoms. The van der Waals surface area contributed by atoms with E-state index in [1.54, 1.807) is 0 Å². The predicted molar refractivity (Wildman–Crippen MR) is 81.5 cm³/mol. The quantitative estimate of drug-likeness (QED) is 0.501. The van der Waals surface area contributed by atoms with Crippen LogP contribution in [0.25, 0.3) is 0 Å². The Labute approximate surface area is 113 Å². The fourth-order valence-corrected chi connectivity index (χ4v) is 2.46. The minimum absolute atomic E-state index is 0.660. The summed E-state index contributed by atoms with van der Waals surface area (Å²) in [6, 6.07) is 0. The summed E-state index contributed by atoms with van der Waals surface area (Å²) in [4.78, 5) is 0. The van der Waals surface area contributed by atoms with E-state index in [-0.39, 0.29) is 0 Å². The van der Waals surface area contributed by atoms with Crippen LogP contribution in [-0.4, -0.2) is 11.9 Å². The first-order valence-electron chi connectivity index (χ1n) is 7.81. The summed E-state index contributed by atoms with van der Waals surface area (Å²) in [7, 11) is 0. The number of nitrogens with zero attached hydrogens (tertiary/aromatic N) is 2. The standard InChI is InChI=1S/C16H30N2/c1-4-5-10-15-12-16(18-17-13-15)11-8-6-7-9-14(2)3/h13-15H,4-12H2,1-3H3. The van der Waals surface area contributed by atoms with E-state index in [0.29, 0.717) is 5.92 Å². The van der Waals surface area contributed by atoms with Crippen molar-refractivity contribution in [2.24, 2.45) is 22.0 Å². The smallest absolute Gasteiger partial charge is 0.0412 e. The summed E-state index contributed by atoms with van der Waals surface area (Å²) in [6.07, 6.45) is 13.6. The third kappa shape index (κ3) is 6.93. The molecule has 104 valence electrons. The highest BCUT2D eigenvalue weighted by molar-refractivity contribution is 5.89. The Bertz CT molecular complexity index is 266. The molecule has 0 aromatic rings. The third-order valence-electron chi connectivity index (χ3n) is 3.65. The van der Waals surface area contributed by atoms with E-state index < -0.39 is 0 Å². The van der Waals surface area contributed by atoms with Crippen molar-refractivity contribution in [3.05, 3.63) is 0 Å². The van der Waals surface area contributed by atoms with Gasteiger partial charge in [-0.2, -0.15) is 10.2 Å². The fraction of sp³-hybridized carbons (Fsp3) is 0.875. The van der Waals surface area contributed by atoms with E-state index in [2.05, 4.69) is 37.2 Å². The largest absolute Gasteiger partial charge is 0.163 e. The van der Waals surface area contributed by atoms with E-state index in [4.69, 9.17) is 0 Å². The minimum atomic E-state index is 0.660. The third-order valence-corrected chi connectivity index (χ3v) is 3.65. The zero-order valence-electron chi connectivity index (χ0n) is 12.5. The molecule has 0 saturated carbocycles. The first kappa shape index (κ1) is 15.4. The molecule has 0 saturated heterocycles. The lowest BCUT2D eigenvalue weighted by Gasteiger charge is -2.16. The molecule has 0 N–H and O–H groups in total. The molecule has 0 aliphatic carbocycles. The molecule has 0 radical (unpaired) electrons. The maximum absolute atomic E-state index is 4.31. The van der Waals surface area contributed by atoms with Crippen molar-refractivity contribution in [1.29, 1.82) is 0 Å². The lowest BCUT2D eigenvalue weighted by atomic mass is 9.94. The molecule has 0 aromatic heterocycles. The van der Waals surface area contributed by atoms with E-state index >= 15 is 0 Å². The Kier molecular flexibility index (Phi) is 7.95. The van der Waals surface area contributed by atoms with Gasteiger partial charge in [-0.15, -0.1) is 0 Å². The maximum Gasteiger partial charge on any atom is 0.0412 e. The summed E-state index contributed by atoms with van der Waals surface area (Å²) in [6.45, 7) is 6.86. The van der Waals surface area contributed by atoms with Crippen LogP contribution in [0.5, 0.6) is 0 Å². The summed E-state index contributed by atoms with van der Waals surface area (Å²) >= 11 is 0. The lowest BCUT2D eigenvalue weighted by molar-refractivity contribution is 0.528. The van der Waals surface area contributed by atoms with Crippen molar-refractivity contribution in [3.8, 4) is 0 Å². The Hall–Kier alpha value is -0.660. The van der Waals surface area contributed by atoms with Crippen molar-refractivity contribution in [2.45, 2.75) is 78.6 Å². The van der Waals surface area contributed by atoms with Crippen LogP contribution >= 0.6 is 0 Å². The molecule has 0 spiro atoms. The van der Waals surface area contributed by atoms with Crippen LogP contribution in [0.2, 0.25) is 0 Å². The number of hydrogen-bond donors (Lipinski definition) is 0. The summed E-state index contributed by atoms with van der Waals surface area (Å²) in [5.74, 6) is 1.51. The first-order valence-corrected chi connectivity index (χ1v) is 7.81. The molecule has 1 aliphatic heterocycles. The van der Waals surface area contributed by atoms with Crippen LogP contribution in [0.4, 0.5) is 0 Å². The zero-order chi connectivity index (χ0) is 13.2. The Morgan fingerprint density at radius 2 is 2.06 bits per heavy atom. The van der Waals surface area contributed by atoms with Crippen LogP contribution in [0, 0.1) is 11.8 Å². The zero-order valence-corrected chi connectivity index (χ0v) is 12.5. The number of hydrogen-bond acceptors (Lipinski definition) is 2. The van der Waals surface area contributed by atoms with Gasteiger partial charge < -0.3 is 0 Å². The van der Waals surface area contributed by atoms with Gasteiger partial charge in [0, 0.05) is 17.8 Å². The van der Waals surface area contributed by atoms with E-state index in [1.807, 2.05) is 0 Å². The van der Waals surface area contributed by atoms with Gasteiger partial charge in [-0.05, 0) is 31.6 Å². The van der Waals surface area contributed by atoms with E-state index in [0.717, 1.165) is 18.8 Å². The topological polar surface area (TPSA) is 24.7 Å². The van der Waals surface area contributed by atoms with Gasteiger partial charge in [0.05, 0.1) is 0 Å². The summed E-state index contributed by atoms with van der Waals surface area (Å²) in [5.41, 5.74) is 1.34. The molecular formula is C16H30N2. The Balaban J connectivity index is 2.11. The summed E-state index contributed by atoms with van der Waals surface area (Å²) in [5, 5.41) is 8.49. The number of rotatable bonds is 9. The highest BCUT2D eigenvalue weighted by atomic mass is 15.2. The first-order chi connectivity index (χ1) is 8.72. The molecule has 0 amide bonds. The highest BCUT2D eigenvalue weighted by Crippen LogP contribution is 2.18. The molecule has 1 heterocycles. The van der Waals surface area contributed by atoms with Gasteiger partial charge in [-0.25, -0.2) is 0 Å². The molecular weight excluding hydrogens is 220 g/mol. The van der Waals surface area contributed by atoms with Gasteiger partial charge in [0.2, 0.25) is 0 Å². The van der Waals surface area contributed by atoms with Crippen molar-refractivity contribution >= 4 is 11.9 Å². The normalized spacial score (nSPS) is 19.3. The van der Waals surface area contributed by atoms with Gasteiger partial charge in [0.1, 0.15) is 0 Å². The Morgan fingerprint density at radius 3 is 2.78 bits per heavy atom. The van der Waals surface area contributed by atoms with Crippen molar-refractivity contribution in [1.82, 2.24) is 0 Å². The molecule has 1 rings (SSSR count). The number of unbranched alkanes of at least 4 members (excludes halogenated alkanes) is 3. The molecule has 2 heteroatoms.